The van der Waals surface area contributed by atoms with E-state index in [-0.39, 0.29) is 6.10 Å². The summed E-state index contributed by atoms with van der Waals surface area (Å²) in [6, 6.07) is 8.72. The number of ether oxygens (including phenoxy) is 1. The standard InChI is InChI=1S/C13H20N2O/c1-10(2)15-9-11(7-8-14)16-13-6-4-3-5-12(13)15/h3-6,10-11H,7-9,14H2,1-2H3. The molecular weight excluding hydrogens is 200 g/mol. The third-order valence-corrected chi connectivity index (χ3v) is 2.98. The molecule has 0 bridgehead atoms. The molecule has 0 amide bonds. The molecule has 0 radical (unpaired) electrons. The van der Waals surface area contributed by atoms with Crippen molar-refractivity contribution in [2.45, 2.75) is 32.4 Å². The molecule has 1 aromatic rings. The Hall–Kier alpha value is -1.22. The number of fused-ring (bicyclic) bond motifs is 1. The molecule has 2 rings (SSSR count). The molecule has 3 heteroatoms. The Morgan fingerprint density at radius 2 is 2.19 bits per heavy atom. The fourth-order valence-electron chi connectivity index (χ4n) is 2.15. The van der Waals surface area contributed by atoms with Gasteiger partial charge in [0.15, 0.2) is 0 Å². The highest BCUT2D eigenvalue weighted by molar-refractivity contribution is 5.60. The number of hydrogen-bond donors (Lipinski definition) is 1. The highest BCUT2D eigenvalue weighted by Gasteiger charge is 2.26. The summed E-state index contributed by atoms with van der Waals surface area (Å²) in [7, 11) is 0. The van der Waals surface area contributed by atoms with Crippen LogP contribution in [-0.4, -0.2) is 25.2 Å². The van der Waals surface area contributed by atoms with Gasteiger partial charge in [-0.25, -0.2) is 0 Å². The molecule has 0 saturated carbocycles. The molecule has 16 heavy (non-hydrogen) atoms. The lowest BCUT2D eigenvalue weighted by molar-refractivity contribution is 0.183. The maximum Gasteiger partial charge on any atom is 0.143 e. The third kappa shape index (κ3) is 2.14. The minimum atomic E-state index is 0.224. The van der Waals surface area contributed by atoms with Crippen molar-refractivity contribution in [1.29, 1.82) is 0 Å². The zero-order valence-corrected chi connectivity index (χ0v) is 10.0. The summed E-state index contributed by atoms with van der Waals surface area (Å²) >= 11 is 0. The average Bonchev–Trinajstić information content (AvgIpc) is 2.28. The average molecular weight is 220 g/mol. The lowest BCUT2D eigenvalue weighted by Crippen LogP contribution is -2.44. The van der Waals surface area contributed by atoms with E-state index in [1.165, 1.54) is 5.69 Å². The summed E-state index contributed by atoms with van der Waals surface area (Å²) < 4.78 is 5.93. The maximum atomic E-state index is 5.93. The lowest BCUT2D eigenvalue weighted by atomic mass is 10.1. The predicted octanol–water partition coefficient (Wildman–Crippen LogP) is 2.01. The van der Waals surface area contributed by atoms with E-state index in [0.717, 1.165) is 18.7 Å². The molecule has 1 heterocycles. The third-order valence-electron chi connectivity index (χ3n) is 2.98. The van der Waals surface area contributed by atoms with Crippen molar-refractivity contribution >= 4 is 5.69 Å². The second-order valence-electron chi connectivity index (χ2n) is 4.53. The molecule has 1 aliphatic heterocycles. The summed E-state index contributed by atoms with van der Waals surface area (Å²) in [6.45, 7) is 6.04. The normalized spacial score (nSPS) is 19.5. The predicted molar refractivity (Wildman–Crippen MR) is 67.0 cm³/mol. The van der Waals surface area contributed by atoms with E-state index in [1.54, 1.807) is 0 Å². The number of anilines is 1. The topological polar surface area (TPSA) is 38.5 Å². The van der Waals surface area contributed by atoms with Crippen LogP contribution in [0.2, 0.25) is 0 Å². The zero-order chi connectivity index (χ0) is 11.5. The molecule has 1 aromatic carbocycles. The molecule has 3 nitrogen and oxygen atoms in total. The Balaban J connectivity index is 2.26. The highest BCUT2D eigenvalue weighted by atomic mass is 16.5. The van der Waals surface area contributed by atoms with Gasteiger partial charge in [0.1, 0.15) is 11.9 Å². The van der Waals surface area contributed by atoms with Crippen LogP contribution in [0.25, 0.3) is 0 Å². The number of para-hydroxylation sites is 2. The van der Waals surface area contributed by atoms with Crippen molar-refractivity contribution in [1.82, 2.24) is 0 Å². The van der Waals surface area contributed by atoms with Crippen LogP contribution in [-0.2, 0) is 0 Å². The van der Waals surface area contributed by atoms with E-state index < -0.39 is 0 Å². The minimum Gasteiger partial charge on any atom is -0.486 e. The second kappa shape index (κ2) is 4.74. The molecule has 1 atom stereocenters. The Labute approximate surface area is 97.2 Å². The largest absolute Gasteiger partial charge is 0.486 e. The number of rotatable bonds is 3. The van der Waals surface area contributed by atoms with Crippen LogP contribution in [0.1, 0.15) is 20.3 Å². The lowest BCUT2D eigenvalue weighted by Gasteiger charge is -2.38. The van der Waals surface area contributed by atoms with Crippen LogP contribution >= 0.6 is 0 Å². The molecule has 0 spiro atoms. The smallest absolute Gasteiger partial charge is 0.143 e. The number of nitrogens with zero attached hydrogens (tertiary/aromatic N) is 1. The molecule has 0 aromatic heterocycles. The van der Waals surface area contributed by atoms with E-state index in [0.29, 0.717) is 12.6 Å². The minimum absolute atomic E-state index is 0.224. The van der Waals surface area contributed by atoms with Crippen molar-refractivity contribution in [3.63, 3.8) is 0 Å². The first kappa shape index (κ1) is 11.3. The number of benzene rings is 1. The van der Waals surface area contributed by atoms with Crippen molar-refractivity contribution < 1.29 is 4.74 Å². The van der Waals surface area contributed by atoms with Crippen molar-refractivity contribution in [3.8, 4) is 5.75 Å². The zero-order valence-electron chi connectivity index (χ0n) is 10.0. The van der Waals surface area contributed by atoms with Gasteiger partial charge in [0.05, 0.1) is 12.2 Å². The molecule has 2 N–H and O–H groups in total. The SMILES string of the molecule is CC(C)N1CC(CCN)Oc2ccccc21. The van der Waals surface area contributed by atoms with Crippen LogP contribution in [0.15, 0.2) is 24.3 Å². The van der Waals surface area contributed by atoms with Crippen LogP contribution < -0.4 is 15.4 Å². The Morgan fingerprint density at radius 1 is 1.44 bits per heavy atom. The fraction of sp³-hybridized carbons (Fsp3) is 0.538. The Kier molecular flexibility index (Phi) is 3.34. The van der Waals surface area contributed by atoms with E-state index >= 15 is 0 Å². The van der Waals surface area contributed by atoms with Gasteiger partial charge in [-0.05, 0) is 38.9 Å². The van der Waals surface area contributed by atoms with E-state index in [1.807, 2.05) is 12.1 Å². The van der Waals surface area contributed by atoms with Gasteiger partial charge >= 0.3 is 0 Å². The van der Waals surface area contributed by atoms with Crippen LogP contribution in [0.5, 0.6) is 5.75 Å². The van der Waals surface area contributed by atoms with Crippen LogP contribution in [0, 0.1) is 0 Å². The van der Waals surface area contributed by atoms with Gasteiger partial charge in [0.25, 0.3) is 0 Å². The number of hydrogen-bond acceptors (Lipinski definition) is 3. The van der Waals surface area contributed by atoms with Gasteiger partial charge in [-0.15, -0.1) is 0 Å². The van der Waals surface area contributed by atoms with Gasteiger partial charge in [-0.3, -0.25) is 0 Å². The molecule has 0 saturated heterocycles. The van der Waals surface area contributed by atoms with Gasteiger partial charge in [0.2, 0.25) is 0 Å². The summed E-state index contributed by atoms with van der Waals surface area (Å²) in [6.07, 6.45) is 1.14. The summed E-state index contributed by atoms with van der Waals surface area (Å²) in [5, 5.41) is 0. The van der Waals surface area contributed by atoms with E-state index in [4.69, 9.17) is 10.5 Å². The molecular formula is C13H20N2O. The van der Waals surface area contributed by atoms with Gasteiger partial charge in [0, 0.05) is 6.04 Å². The van der Waals surface area contributed by atoms with Gasteiger partial charge in [-0.1, -0.05) is 12.1 Å². The van der Waals surface area contributed by atoms with E-state index in [2.05, 4.69) is 30.9 Å². The summed E-state index contributed by atoms with van der Waals surface area (Å²) in [5.74, 6) is 0.987. The highest BCUT2D eigenvalue weighted by Crippen LogP contribution is 2.34. The summed E-state index contributed by atoms with van der Waals surface area (Å²) in [4.78, 5) is 2.39. The van der Waals surface area contributed by atoms with Crippen molar-refractivity contribution in [2.75, 3.05) is 18.0 Å². The Bertz CT molecular complexity index is 352. The Morgan fingerprint density at radius 3 is 2.88 bits per heavy atom. The van der Waals surface area contributed by atoms with Crippen molar-refractivity contribution in [2.24, 2.45) is 5.73 Å². The molecule has 88 valence electrons. The quantitative estimate of drug-likeness (QED) is 0.847. The first-order chi connectivity index (χ1) is 7.72. The van der Waals surface area contributed by atoms with Crippen molar-refractivity contribution in [3.05, 3.63) is 24.3 Å². The molecule has 1 aliphatic rings. The fourth-order valence-corrected chi connectivity index (χ4v) is 2.15. The van der Waals surface area contributed by atoms with Crippen LogP contribution in [0.3, 0.4) is 0 Å². The first-order valence-corrected chi connectivity index (χ1v) is 5.94. The maximum absolute atomic E-state index is 5.93. The first-order valence-electron chi connectivity index (χ1n) is 5.94. The molecule has 0 aliphatic carbocycles. The number of nitrogens with two attached hydrogens (primary N) is 1. The molecule has 0 fully saturated rings. The monoisotopic (exact) mass is 220 g/mol. The molecule has 1 unspecified atom stereocenters. The van der Waals surface area contributed by atoms with Crippen LogP contribution in [0.4, 0.5) is 5.69 Å². The second-order valence-corrected chi connectivity index (χ2v) is 4.53. The van der Waals surface area contributed by atoms with E-state index in [9.17, 15) is 0 Å². The van der Waals surface area contributed by atoms with Gasteiger partial charge in [-0.2, -0.15) is 0 Å². The summed E-state index contributed by atoms with van der Waals surface area (Å²) in [5.41, 5.74) is 6.80. The van der Waals surface area contributed by atoms with Gasteiger partial charge < -0.3 is 15.4 Å².